The highest BCUT2D eigenvalue weighted by Gasteiger charge is 2.40. The lowest BCUT2D eigenvalue weighted by Crippen LogP contribution is -2.45. The van der Waals surface area contributed by atoms with Gasteiger partial charge in [0.15, 0.2) is 0 Å². The quantitative estimate of drug-likeness (QED) is 0.790. The monoisotopic (exact) mass is 367 g/mol. The van der Waals surface area contributed by atoms with Crippen LogP contribution in [0.1, 0.15) is 42.9 Å². The van der Waals surface area contributed by atoms with E-state index in [1.54, 1.807) is 0 Å². The first kappa shape index (κ1) is 20.1. The Hall–Kier alpha value is -1.68. The number of nitrogens with zero attached hydrogens (tertiary/aromatic N) is 1. The number of morpholine rings is 1. The van der Waals surface area contributed by atoms with Crippen LogP contribution in [0.5, 0.6) is 0 Å². The summed E-state index contributed by atoms with van der Waals surface area (Å²) in [6.45, 7) is 10.7. The molecule has 2 aromatic rings. The Balaban J connectivity index is 2.01. The standard InChI is InChI=1S/C24H33NO2/c1-19(2)17-24(26,22-11-9-20(3)10-12-22)23(21-7-5-4-6-8-21)18-25-13-15-27-16-14-25/h4-12,19,23,26H,13-18H2,1-3H3. The van der Waals surface area contributed by atoms with Gasteiger partial charge in [-0.15, -0.1) is 0 Å². The van der Waals surface area contributed by atoms with Crippen LogP contribution in [0.2, 0.25) is 0 Å². The van der Waals surface area contributed by atoms with E-state index in [4.69, 9.17) is 4.74 Å². The van der Waals surface area contributed by atoms with E-state index in [9.17, 15) is 5.11 Å². The van der Waals surface area contributed by atoms with E-state index in [0.29, 0.717) is 5.92 Å². The summed E-state index contributed by atoms with van der Waals surface area (Å²) in [5.74, 6) is 0.411. The van der Waals surface area contributed by atoms with E-state index in [0.717, 1.165) is 44.8 Å². The first-order valence-electron chi connectivity index (χ1n) is 10.1. The Bertz CT molecular complexity index is 692. The van der Waals surface area contributed by atoms with Gasteiger partial charge < -0.3 is 9.84 Å². The van der Waals surface area contributed by atoms with E-state index in [-0.39, 0.29) is 5.92 Å². The predicted molar refractivity (Wildman–Crippen MR) is 111 cm³/mol. The molecule has 2 atom stereocenters. The number of benzene rings is 2. The number of rotatable bonds is 7. The topological polar surface area (TPSA) is 32.7 Å². The third-order valence-corrected chi connectivity index (χ3v) is 5.59. The van der Waals surface area contributed by atoms with Crippen molar-refractivity contribution in [1.29, 1.82) is 0 Å². The summed E-state index contributed by atoms with van der Waals surface area (Å²) in [5.41, 5.74) is 2.54. The molecular formula is C24H33NO2. The second-order valence-corrected chi connectivity index (χ2v) is 8.26. The predicted octanol–water partition coefficient (Wildman–Crippen LogP) is 4.34. The van der Waals surface area contributed by atoms with Crippen molar-refractivity contribution in [3.63, 3.8) is 0 Å². The Kier molecular flexibility index (Phi) is 6.69. The Morgan fingerprint density at radius 3 is 2.22 bits per heavy atom. The van der Waals surface area contributed by atoms with Gasteiger partial charge in [0.1, 0.15) is 0 Å². The van der Waals surface area contributed by atoms with Gasteiger partial charge in [-0.2, -0.15) is 0 Å². The van der Waals surface area contributed by atoms with Gasteiger partial charge in [-0.25, -0.2) is 0 Å². The molecule has 2 unspecified atom stereocenters. The Morgan fingerprint density at radius 2 is 1.63 bits per heavy atom. The molecule has 0 saturated carbocycles. The minimum atomic E-state index is -0.901. The van der Waals surface area contributed by atoms with Crippen LogP contribution in [0.15, 0.2) is 54.6 Å². The van der Waals surface area contributed by atoms with Gasteiger partial charge in [-0.1, -0.05) is 74.0 Å². The molecule has 1 aliphatic rings. The zero-order chi connectivity index (χ0) is 19.3. The largest absolute Gasteiger partial charge is 0.384 e. The van der Waals surface area contributed by atoms with Crippen molar-refractivity contribution in [3.8, 4) is 0 Å². The third-order valence-electron chi connectivity index (χ3n) is 5.59. The van der Waals surface area contributed by atoms with Crippen LogP contribution >= 0.6 is 0 Å². The van der Waals surface area contributed by atoms with Crippen molar-refractivity contribution in [3.05, 3.63) is 71.3 Å². The van der Waals surface area contributed by atoms with Gasteiger partial charge in [-0.05, 0) is 30.4 Å². The van der Waals surface area contributed by atoms with E-state index in [1.807, 2.05) is 6.07 Å². The van der Waals surface area contributed by atoms with Crippen LogP contribution in [-0.4, -0.2) is 42.9 Å². The number of aliphatic hydroxyl groups is 1. The van der Waals surface area contributed by atoms with Crippen LogP contribution < -0.4 is 0 Å². The Morgan fingerprint density at radius 1 is 1.00 bits per heavy atom. The van der Waals surface area contributed by atoms with E-state index < -0.39 is 5.60 Å². The maximum absolute atomic E-state index is 12.1. The lowest BCUT2D eigenvalue weighted by molar-refractivity contribution is -0.0356. The van der Waals surface area contributed by atoms with Crippen molar-refractivity contribution in [1.82, 2.24) is 4.90 Å². The van der Waals surface area contributed by atoms with E-state index in [2.05, 4.69) is 74.2 Å². The lowest BCUT2D eigenvalue weighted by Gasteiger charge is -2.42. The molecule has 1 heterocycles. The molecule has 3 rings (SSSR count). The molecule has 2 aromatic carbocycles. The highest BCUT2D eigenvalue weighted by atomic mass is 16.5. The average Bonchev–Trinajstić information content (AvgIpc) is 2.67. The maximum Gasteiger partial charge on any atom is 0.0979 e. The molecule has 0 radical (unpaired) electrons. The van der Waals surface area contributed by atoms with Crippen LogP contribution in [0.3, 0.4) is 0 Å². The zero-order valence-corrected chi connectivity index (χ0v) is 16.9. The summed E-state index contributed by atoms with van der Waals surface area (Å²) in [6.07, 6.45) is 0.736. The third kappa shape index (κ3) is 4.98. The van der Waals surface area contributed by atoms with E-state index >= 15 is 0 Å². The summed E-state index contributed by atoms with van der Waals surface area (Å²) in [6, 6.07) is 18.9. The highest BCUT2D eigenvalue weighted by Crippen LogP contribution is 2.42. The summed E-state index contributed by atoms with van der Waals surface area (Å²) in [7, 11) is 0. The van der Waals surface area contributed by atoms with Crippen molar-refractivity contribution in [2.45, 2.75) is 38.7 Å². The van der Waals surface area contributed by atoms with Gasteiger partial charge in [-0.3, -0.25) is 4.90 Å². The number of hydrogen-bond acceptors (Lipinski definition) is 3. The fourth-order valence-electron chi connectivity index (χ4n) is 4.19. The van der Waals surface area contributed by atoms with Crippen molar-refractivity contribution < 1.29 is 9.84 Å². The fraction of sp³-hybridized carbons (Fsp3) is 0.500. The second kappa shape index (κ2) is 9.01. The molecule has 3 heteroatoms. The molecule has 0 bridgehead atoms. The summed E-state index contributed by atoms with van der Waals surface area (Å²) in [5, 5.41) is 12.1. The van der Waals surface area contributed by atoms with Crippen LogP contribution in [0, 0.1) is 12.8 Å². The fourth-order valence-corrected chi connectivity index (χ4v) is 4.19. The van der Waals surface area contributed by atoms with Gasteiger partial charge in [0.05, 0.1) is 18.8 Å². The summed E-state index contributed by atoms with van der Waals surface area (Å²) >= 11 is 0. The van der Waals surface area contributed by atoms with Crippen molar-refractivity contribution >= 4 is 0 Å². The smallest absolute Gasteiger partial charge is 0.0979 e. The molecule has 1 aliphatic heterocycles. The molecule has 1 N–H and O–H groups in total. The SMILES string of the molecule is Cc1ccc(C(O)(CC(C)C)C(CN2CCOCC2)c2ccccc2)cc1. The lowest BCUT2D eigenvalue weighted by atomic mass is 9.72. The number of aryl methyl sites for hydroxylation is 1. The normalized spacial score (nSPS) is 19.0. The zero-order valence-electron chi connectivity index (χ0n) is 16.9. The van der Waals surface area contributed by atoms with Gasteiger partial charge >= 0.3 is 0 Å². The molecular weight excluding hydrogens is 334 g/mol. The first-order chi connectivity index (χ1) is 13.0. The number of ether oxygens (including phenoxy) is 1. The molecule has 0 aliphatic carbocycles. The van der Waals surface area contributed by atoms with Crippen LogP contribution in [-0.2, 0) is 10.3 Å². The minimum absolute atomic E-state index is 0.0157. The number of hydrogen-bond donors (Lipinski definition) is 1. The van der Waals surface area contributed by atoms with Gasteiger partial charge in [0.2, 0.25) is 0 Å². The van der Waals surface area contributed by atoms with Gasteiger partial charge in [0.25, 0.3) is 0 Å². The van der Waals surface area contributed by atoms with Crippen LogP contribution in [0.25, 0.3) is 0 Å². The molecule has 146 valence electrons. The summed E-state index contributed by atoms with van der Waals surface area (Å²) < 4.78 is 5.53. The maximum atomic E-state index is 12.1. The molecule has 27 heavy (non-hydrogen) atoms. The molecule has 1 saturated heterocycles. The van der Waals surface area contributed by atoms with Crippen LogP contribution in [0.4, 0.5) is 0 Å². The second-order valence-electron chi connectivity index (χ2n) is 8.26. The first-order valence-corrected chi connectivity index (χ1v) is 10.1. The van der Waals surface area contributed by atoms with Crippen molar-refractivity contribution in [2.75, 3.05) is 32.8 Å². The summed E-state index contributed by atoms with van der Waals surface area (Å²) in [4.78, 5) is 2.43. The van der Waals surface area contributed by atoms with Gasteiger partial charge in [0, 0.05) is 25.6 Å². The molecule has 0 aromatic heterocycles. The molecule has 3 nitrogen and oxygen atoms in total. The van der Waals surface area contributed by atoms with Crippen molar-refractivity contribution in [2.24, 2.45) is 5.92 Å². The highest BCUT2D eigenvalue weighted by molar-refractivity contribution is 5.33. The molecule has 0 spiro atoms. The van der Waals surface area contributed by atoms with E-state index in [1.165, 1.54) is 11.1 Å². The molecule has 0 amide bonds. The minimum Gasteiger partial charge on any atom is -0.384 e. The molecule has 1 fully saturated rings. The Labute approximate surface area is 164 Å². The average molecular weight is 368 g/mol.